The Morgan fingerprint density at radius 2 is 2.38 bits per heavy atom. The fourth-order valence-electron chi connectivity index (χ4n) is 1.12. The quantitative estimate of drug-likeness (QED) is 0.831. The average Bonchev–Trinajstić information content (AvgIpc) is 2.74. The van der Waals surface area contributed by atoms with E-state index in [1.54, 1.807) is 13.1 Å². The molecule has 16 heavy (non-hydrogen) atoms. The van der Waals surface area contributed by atoms with Crippen molar-refractivity contribution in [3.05, 3.63) is 35.9 Å². The van der Waals surface area contributed by atoms with Gasteiger partial charge in [-0.15, -0.1) is 11.8 Å². The summed E-state index contributed by atoms with van der Waals surface area (Å²) in [6, 6.07) is 6.79. The van der Waals surface area contributed by atoms with E-state index in [0.717, 1.165) is 4.90 Å². The lowest BCUT2D eigenvalue weighted by Gasteiger charge is -1.97. The number of rotatable bonds is 4. The van der Waals surface area contributed by atoms with Gasteiger partial charge in [0.05, 0.1) is 5.75 Å². The standard InChI is InChI=1S/C10H10FN3OS/c1-12-10-13-9(14-15-10)6-16-8-4-2-3-7(11)5-8/h2-5H,6H2,1H3,(H,12,13,14). The third kappa shape index (κ3) is 2.73. The van der Waals surface area contributed by atoms with E-state index in [-0.39, 0.29) is 5.82 Å². The molecular weight excluding hydrogens is 229 g/mol. The Morgan fingerprint density at radius 3 is 3.06 bits per heavy atom. The van der Waals surface area contributed by atoms with Crippen LogP contribution in [0.3, 0.4) is 0 Å². The van der Waals surface area contributed by atoms with Crippen molar-refractivity contribution >= 4 is 17.8 Å². The molecule has 4 nitrogen and oxygen atoms in total. The summed E-state index contributed by atoms with van der Waals surface area (Å²) in [5.41, 5.74) is 0. The first-order valence-corrected chi connectivity index (χ1v) is 5.65. The Labute approximate surface area is 96.2 Å². The molecule has 0 spiro atoms. The van der Waals surface area contributed by atoms with Crippen LogP contribution >= 0.6 is 11.8 Å². The van der Waals surface area contributed by atoms with E-state index in [0.29, 0.717) is 17.6 Å². The van der Waals surface area contributed by atoms with Crippen LogP contribution in [0.4, 0.5) is 10.4 Å². The molecule has 0 unspecified atom stereocenters. The second kappa shape index (κ2) is 4.98. The first-order valence-electron chi connectivity index (χ1n) is 4.66. The first-order chi connectivity index (χ1) is 7.78. The molecule has 6 heteroatoms. The predicted molar refractivity (Wildman–Crippen MR) is 59.8 cm³/mol. The summed E-state index contributed by atoms with van der Waals surface area (Å²) in [5, 5.41) is 6.51. The molecule has 0 saturated heterocycles. The lowest BCUT2D eigenvalue weighted by molar-refractivity contribution is 0.427. The van der Waals surface area contributed by atoms with Crippen LogP contribution in [0.5, 0.6) is 0 Å². The van der Waals surface area contributed by atoms with Crippen molar-refractivity contribution in [2.75, 3.05) is 12.4 Å². The smallest absolute Gasteiger partial charge is 0.321 e. The lowest BCUT2D eigenvalue weighted by Crippen LogP contribution is -1.88. The third-order valence-electron chi connectivity index (χ3n) is 1.85. The van der Waals surface area contributed by atoms with Gasteiger partial charge >= 0.3 is 6.01 Å². The second-order valence-electron chi connectivity index (χ2n) is 3.01. The molecule has 0 amide bonds. The van der Waals surface area contributed by atoms with Gasteiger partial charge in [-0.3, -0.25) is 0 Å². The Kier molecular flexibility index (Phi) is 3.40. The molecule has 0 atom stereocenters. The molecule has 0 fully saturated rings. The summed E-state index contributed by atoms with van der Waals surface area (Å²) >= 11 is 1.46. The van der Waals surface area contributed by atoms with Crippen molar-refractivity contribution in [1.29, 1.82) is 0 Å². The van der Waals surface area contributed by atoms with Gasteiger partial charge in [0.2, 0.25) is 0 Å². The van der Waals surface area contributed by atoms with Gasteiger partial charge in [0, 0.05) is 11.9 Å². The van der Waals surface area contributed by atoms with Crippen molar-refractivity contribution in [2.24, 2.45) is 0 Å². The molecule has 0 aliphatic heterocycles. The Balaban J connectivity index is 1.96. The fourth-order valence-corrected chi connectivity index (χ4v) is 1.90. The van der Waals surface area contributed by atoms with Crippen molar-refractivity contribution in [3.63, 3.8) is 0 Å². The van der Waals surface area contributed by atoms with Gasteiger partial charge < -0.3 is 9.84 Å². The molecule has 1 aromatic carbocycles. The molecule has 0 aliphatic rings. The highest BCUT2D eigenvalue weighted by molar-refractivity contribution is 7.98. The molecule has 84 valence electrons. The summed E-state index contributed by atoms with van der Waals surface area (Å²) in [5.74, 6) is 0.891. The van der Waals surface area contributed by atoms with Crippen LogP contribution in [0.15, 0.2) is 33.7 Å². The summed E-state index contributed by atoms with van der Waals surface area (Å²) in [6.45, 7) is 0. The minimum Gasteiger partial charge on any atom is -0.341 e. The molecule has 2 aromatic rings. The number of nitrogens with one attached hydrogen (secondary N) is 1. The van der Waals surface area contributed by atoms with Crippen molar-refractivity contribution < 1.29 is 8.91 Å². The van der Waals surface area contributed by atoms with Gasteiger partial charge in [0.1, 0.15) is 5.82 Å². The fraction of sp³-hybridized carbons (Fsp3) is 0.200. The average molecular weight is 239 g/mol. The topological polar surface area (TPSA) is 51.0 Å². The molecule has 1 heterocycles. The van der Waals surface area contributed by atoms with Crippen LogP contribution in [0.25, 0.3) is 0 Å². The van der Waals surface area contributed by atoms with E-state index in [1.165, 1.54) is 23.9 Å². The lowest BCUT2D eigenvalue weighted by atomic mass is 10.4. The predicted octanol–water partition coefficient (Wildman–Crippen LogP) is 2.54. The number of hydrogen-bond acceptors (Lipinski definition) is 5. The SMILES string of the molecule is CNc1nc(CSc2cccc(F)c2)no1. The zero-order chi connectivity index (χ0) is 11.4. The number of nitrogens with zero attached hydrogens (tertiary/aromatic N) is 2. The Morgan fingerprint density at radius 1 is 1.50 bits per heavy atom. The minimum atomic E-state index is -0.242. The highest BCUT2D eigenvalue weighted by atomic mass is 32.2. The molecule has 0 saturated carbocycles. The normalized spacial score (nSPS) is 10.4. The van der Waals surface area contributed by atoms with Crippen LogP contribution in [0.1, 0.15) is 5.82 Å². The molecular formula is C10H10FN3OS. The molecule has 1 N–H and O–H groups in total. The zero-order valence-corrected chi connectivity index (χ0v) is 9.42. The van der Waals surface area contributed by atoms with E-state index >= 15 is 0 Å². The van der Waals surface area contributed by atoms with Gasteiger partial charge in [0.15, 0.2) is 5.82 Å². The monoisotopic (exact) mass is 239 g/mol. The van der Waals surface area contributed by atoms with Crippen LogP contribution in [0.2, 0.25) is 0 Å². The van der Waals surface area contributed by atoms with Crippen molar-refractivity contribution in [2.45, 2.75) is 10.6 Å². The van der Waals surface area contributed by atoms with Crippen LogP contribution in [0, 0.1) is 5.82 Å². The van der Waals surface area contributed by atoms with E-state index in [9.17, 15) is 4.39 Å². The minimum absolute atomic E-state index is 0.242. The van der Waals surface area contributed by atoms with Crippen LogP contribution in [-0.4, -0.2) is 17.2 Å². The maximum Gasteiger partial charge on any atom is 0.321 e. The Hall–Kier alpha value is -1.56. The number of anilines is 1. The number of thioether (sulfide) groups is 1. The van der Waals surface area contributed by atoms with Crippen molar-refractivity contribution in [3.8, 4) is 0 Å². The summed E-state index contributed by atoms with van der Waals surface area (Å²) in [6.07, 6.45) is 0. The Bertz CT molecular complexity index is 475. The number of hydrogen-bond donors (Lipinski definition) is 1. The summed E-state index contributed by atoms with van der Waals surface area (Å²) in [4.78, 5) is 4.91. The first kappa shape index (κ1) is 10.9. The van der Waals surface area contributed by atoms with E-state index in [4.69, 9.17) is 4.52 Å². The molecule has 1 aromatic heterocycles. The molecule has 2 rings (SSSR count). The molecule has 0 radical (unpaired) electrons. The van der Waals surface area contributed by atoms with Gasteiger partial charge in [0.25, 0.3) is 0 Å². The van der Waals surface area contributed by atoms with Gasteiger partial charge in [-0.25, -0.2) is 4.39 Å². The van der Waals surface area contributed by atoms with Gasteiger partial charge in [-0.1, -0.05) is 11.2 Å². The molecule has 0 aliphatic carbocycles. The second-order valence-corrected chi connectivity index (χ2v) is 4.06. The van der Waals surface area contributed by atoms with Gasteiger partial charge in [-0.05, 0) is 18.2 Å². The van der Waals surface area contributed by atoms with Crippen LogP contribution in [-0.2, 0) is 5.75 Å². The maximum atomic E-state index is 12.9. The largest absolute Gasteiger partial charge is 0.341 e. The highest BCUT2D eigenvalue weighted by Gasteiger charge is 2.05. The number of aromatic nitrogens is 2. The molecule has 0 bridgehead atoms. The summed E-state index contributed by atoms with van der Waals surface area (Å²) in [7, 11) is 1.71. The number of halogens is 1. The summed E-state index contributed by atoms with van der Waals surface area (Å²) < 4.78 is 17.7. The highest BCUT2D eigenvalue weighted by Crippen LogP contribution is 2.22. The third-order valence-corrected chi connectivity index (χ3v) is 2.84. The van der Waals surface area contributed by atoms with Crippen LogP contribution < -0.4 is 5.32 Å². The van der Waals surface area contributed by atoms with E-state index in [2.05, 4.69) is 15.5 Å². The van der Waals surface area contributed by atoms with E-state index in [1.807, 2.05) is 6.07 Å². The zero-order valence-electron chi connectivity index (χ0n) is 8.61. The van der Waals surface area contributed by atoms with Crippen molar-refractivity contribution in [1.82, 2.24) is 10.1 Å². The number of benzene rings is 1. The van der Waals surface area contributed by atoms with Gasteiger partial charge in [-0.2, -0.15) is 4.98 Å². The maximum absolute atomic E-state index is 12.9. The van der Waals surface area contributed by atoms with E-state index < -0.39 is 0 Å².